The van der Waals surface area contributed by atoms with Crippen molar-refractivity contribution in [1.29, 1.82) is 0 Å². The molecule has 2 nitrogen and oxygen atoms in total. The summed E-state index contributed by atoms with van der Waals surface area (Å²) in [5.41, 5.74) is 4.55. The Morgan fingerprint density at radius 1 is 1.17 bits per heavy atom. The first kappa shape index (κ1) is 11.3. The van der Waals surface area contributed by atoms with Gasteiger partial charge in [0.2, 0.25) is 0 Å². The fourth-order valence-electron chi connectivity index (χ4n) is 2.25. The van der Waals surface area contributed by atoms with Gasteiger partial charge in [-0.25, -0.2) is 4.98 Å². The molecule has 0 atom stereocenters. The fraction of sp³-hybridized carbons (Fsp3) is 0.133. The predicted molar refractivity (Wildman–Crippen MR) is 73.8 cm³/mol. The van der Waals surface area contributed by atoms with Gasteiger partial charge in [-0.15, -0.1) is 0 Å². The summed E-state index contributed by atoms with van der Waals surface area (Å²) in [5.74, 6) is 0.762. The maximum Gasteiger partial charge on any atom is 0.144 e. The number of ether oxygens (including phenoxy) is 1. The first-order chi connectivity index (χ1) is 8.78. The van der Waals surface area contributed by atoms with Gasteiger partial charge >= 0.3 is 0 Å². The first-order valence-corrected chi connectivity index (χ1v) is 6.15. The van der Waals surface area contributed by atoms with E-state index in [0.717, 1.165) is 23.4 Å². The van der Waals surface area contributed by atoms with E-state index < -0.39 is 0 Å². The Labute approximate surface area is 111 Å². The third kappa shape index (κ3) is 1.89. The number of pyridine rings is 1. The minimum atomic E-state index is 0.489. The molecule has 0 unspecified atom stereocenters. The topological polar surface area (TPSA) is 22.1 Å². The molecule has 1 heterocycles. The molecule has 1 aromatic heterocycles. The number of hydrogen-bond acceptors (Lipinski definition) is 2. The van der Waals surface area contributed by atoms with Crippen LogP contribution in [0.2, 0.25) is 5.15 Å². The molecule has 0 saturated heterocycles. The van der Waals surface area contributed by atoms with Gasteiger partial charge in [-0.05, 0) is 34.9 Å². The molecule has 0 bridgehead atoms. The summed E-state index contributed by atoms with van der Waals surface area (Å²) in [6.45, 7) is 0. The molecule has 0 N–H and O–H groups in total. The zero-order valence-electron chi connectivity index (χ0n) is 9.98. The van der Waals surface area contributed by atoms with Crippen molar-refractivity contribution in [3.63, 3.8) is 0 Å². The maximum atomic E-state index is 5.97. The van der Waals surface area contributed by atoms with Crippen molar-refractivity contribution in [2.45, 2.75) is 6.42 Å². The molecule has 90 valence electrons. The van der Waals surface area contributed by atoms with Crippen LogP contribution in [-0.2, 0) is 6.42 Å². The standard InChI is InChI=1S/C15H12ClNO/c1-18-13-6-7-14(16)17-15(13)12-8-10-4-2-3-5-11(10)9-12/h2-8H,9H2,1H3. The van der Waals surface area contributed by atoms with Gasteiger partial charge in [0, 0.05) is 6.42 Å². The summed E-state index contributed by atoms with van der Waals surface area (Å²) in [4.78, 5) is 4.38. The highest BCUT2D eigenvalue weighted by molar-refractivity contribution is 6.29. The van der Waals surface area contributed by atoms with Crippen molar-refractivity contribution in [3.05, 3.63) is 58.4 Å². The predicted octanol–water partition coefficient (Wildman–Crippen LogP) is 3.84. The highest BCUT2D eigenvalue weighted by Crippen LogP contribution is 2.35. The molecule has 0 aliphatic heterocycles. The van der Waals surface area contributed by atoms with Crippen LogP contribution in [-0.4, -0.2) is 12.1 Å². The second kappa shape index (κ2) is 4.46. The minimum absolute atomic E-state index is 0.489. The molecule has 1 aliphatic carbocycles. The van der Waals surface area contributed by atoms with E-state index in [0.29, 0.717) is 5.15 Å². The summed E-state index contributed by atoms with van der Waals surface area (Å²) in [6, 6.07) is 11.9. The summed E-state index contributed by atoms with van der Waals surface area (Å²) in [6.07, 6.45) is 3.02. The van der Waals surface area contributed by atoms with E-state index in [4.69, 9.17) is 16.3 Å². The van der Waals surface area contributed by atoms with Crippen molar-refractivity contribution >= 4 is 23.3 Å². The van der Waals surface area contributed by atoms with E-state index in [1.165, 1.54) is 11.1 Å². The van der Waals surface area contributed by atoms with E-state index in [2.05, 4.69) is 29.3 Å². The lowest BCUT2D eigenvalue weighted by Crippen LogP contribution is -1.95. The Bertz CT molecular complexity index is 634. The first-order valence-electron chi connectivity index (χ1n) is 5.77. The third-order valence-electron chi connectivity index (χ3n) is 3.11. The van der Waals surface area contributed by atoms with Crippen molar-refractivity contribution in [2.75, 3.05) is 7.11 Å². The van der Waals surface area contributed by atoms with E-state index >= 15 is 0 Å². The quantitative estimate of drug-likeness (QED) is 0.763. The monoisotopic (exact) mass is 257 g/mol. The summed E-state index contributed by atoms with van der Waals surface area (Å²) in [5, 5.41) is 0.489. The van der Waals surface area contributed by atoms with Gasteiger partial charge in [-0.1, -0.05) is 35.9 Å². The van der Waals surface area contributed by atoms with E-state index in [1.54, 1.807) is 13.2 Å². The van der Waals surface area contributed by atoms with E-state index in [-0.39, 0.29) is 0 Å². The number of methoxy groups -OCH3 is 1. The normalized spacial score (nSPS) is 13.1. The molecule has 0 spiro atoms. The van der Waals surface area contributed by atoms with Crippen LogP contribution < -0.4 is 4.74 Å². The fourth-order valence-corrected chi connectivity index (χ4v) is 2.40. The molecule has 0 fully saturated rings. The molecule has 3 heteroatoms. The number of rotatable bonds is 2. The number of benzene rings is 1. The summed E-state index contributed by atoms with van der Waals surface area (Å²) < 4.78 is 5.35. The largest absolute Gasteiger partial charge is 0.494 e. The van der Waals surface area contributed by atoms with Crippen molar-refractivity contribution < 1.29 is 4.74 Å². The Morgan fingerprint density at radius 2 is 2.00 bits per heavy atom. The second-order valence-corrected chi connectivity index (χ2v) is 4.62. The number of halogens is 1. The Balaban J connectivity index is 2.06. The van der Waals surface area contributed by atoms with E-state index in [1.807, 2.05) is 12.1 Å². The number of aromatic nitrogens is 1. The lowest BCUT2D eigenvalue weighted by molar-refractivity contribution is 0.411. The average Bonchev–Trinajstić information content (AvgIpc) is 2.82. The van der Waals surface area contributed by atoms with Crippen molar-refractivity contribution in [3.8, 4) is 5.75 Å². The molecule has 0 saturated carbocycles. The molecule has 3 rings (SSSR count). The van der Waals surface area contributed by atoms with Crippen LogP contribution in [0.15, 0.2) is 36.4 Å². The van der Waals surface area contributed by atoms with Crippen LogP contribution in [0.3, 0.4) is 0 Å². The zero-order chi connectivity index (χ0) is 12.5. The van der Waals surface area contributed by atoms with Gasteiger partial charge < -0.3 is 4.74 Å². The zero-order valence-corrected chi connectivity index (χ0v) is 10.7. The van der Waals surface area contributed by atoms with Crippen LogP contribution in [0.5, 0.6) is 5.75 Å². The van der Waals surface area contributed by atoms with Gasteiger partial charge in [-0.2, -0.15) is 0 Å². The smallest absolute Gasteiger partial charge is 0.144 e. The van der Waals surface area contributed by atoms with Gasteiger partial charge in [0.05, 0.1) is 7.11 Å². The Morgan fingerprint density at radius 3 is 2.78 bits per heavy atom. The third-order valence-corrected chi connectivity index (χ3v) is 3.32. The summed E-state index contributed by atoms with van der Waals surface area (Å²) in [7, 11) is 1.65. The molecule has 18 heavy (non-hydrogen) atoms. The van der Waals surface area contributed by atoms with Gasteiger partial charge in [0.25, 0.3) is 0 Å². The van der Waals surface area contributed by atoms with Gasteiger partial charge in [0.1, 0.15) is 16.6 Å². The highest BCUT2D eigenvalue weighted by atomic mass is 35.5. The highest BCUT2D eigenvalue weighted by Gasteiger charge is 2.18. The Kier molecular flexibility index (Phi) is 2.80. The SMILES string of the molecule is COc1ccc(Cl)nc1C1=Cc2ccccc2C1. The van der Waals surface area contributed by atoms with E-state index in [9.17, 15) is 0 Å². The molecule has 0 radical (unpaired) electrons. The van der Waals surface area contributed by atoms with Crippen LogP contribution in [0.1, 0.15) is 16.8 Å². The van der Waals surface area contributed by atoms with Crippen molar-refractivity contribution in [1.82, 2.24) is 4.98 Å². The number of fused-ring (bicyclic) bond motifs is 1. The second-order valence-electron chi connectivity index (χ2n) is 4.23. The number of allylic oxidation sites excluding steroid dienone is 1. The Hall–Kier alpha value is -1.80. The maximum absolute atomic E-state index is 5.97. The number of hydrogen-bond donors (Lipinski definition) is 0. The van der Waals surface area contributed by atoms with Crippen LogP contribution in [0, 0.1) is 0 Å². The molecular weight excluding hydrogens is 246 g/mol. The molecule has 1 aliphatic rings. The lowest BCUT2D eigenvalue weighted by Gasteiger charge is -2.08. The van der Waals surface area contributed by atoms with Crippen LogP contribution in [0.4, 0.5) is 0 Å². The van der Waals surface area contributed by atoms with Gasteiger partial charge in [0.15, 0.2) is 0 Å². The van der Waals surface area contributed by atoms with Crippen LogP contribution in [0.25, 0.3) is 11.6 Å². The molecular formula is C15H12ClNO. The molecule has 0 amide bonds. The van der Waals surface area contributed by atoms with Crippen LogP contribution >= 0.6 is 11.6 Å². The summed E-state index contributed by atoms with van der Waals surface area (Å²) >= 11 is 5.97. The lowest BCUT2D eigenvalue weighted by atomic mass is 10.1. The van der Waals surface area contributed by atoms with Gasteiger partial charge in [-0.3, -0.25) is 0 Å². The molecule has 2 aromatic rings. The van der Waals surface area contributed by atoms with Crippen molar-refractivity contribution in [2.24, 2.45) is 0 Å². The molecule has 1 aromatic carbocycles. The minimum Gasteiger partial charge on any atom is -0.494 e. The average molecular weight is 258 g/mol. The number of nitrogens with zero attached hydrogens (tertiary/aromatic N) is 1.